The first-order valence-corrected chi connectivity index (χ1v) is 6.20. The number of hydrogen-bond donors (Lipinski definition) is 1. The minimum absolute atomic E-state index is 0.0189. The largest absolute Gasteiger partial charge is 0.478 e. The number of anilines is 1. The Hall–Kier alpha value is -2.81. The molecule has 1 aromatic rings. The van der Waals surface area contributed by atoms with Crippen LogP contribution in [0.25, 0.3) is 0 Å². The zero-order chi connectivity index (χ0) is 15.6. The highest BCUT2D eigenvalue weighted by molar-refractivity contribution is 6.05. The lowest BCUT2D eigenvalue weighted by Crippen LogP contribution is -2.27. The predicted octanol–water partition coefficient (Wildman–Crippen LogP) is 1.16. The Morgan fingerprint density at radius 3 is 2.71 bits per heavy atom. The van der Waals surface area contributed by atoms with E-state index in [1.807, 2.05) is 0 Å². The molecule has 0 spiro atoms. The Morgan fingerprint density at radius 1 is 1.48 bits per heavy atom. The Balaban J connectivity index is 2.51. The molecule has 1 atom stereocenters. The second-order valence-corrected chi connectivity index (χ2v) is 4.60. The van der Waals surface area contributed by atoms with Gasteiger partial charge in [0.25, 0.3) is 0 Å². The Bertz CT molecular complexity index is 659. The lowest BCUT2D eigenvalue weighted by atomic mass is 10.1. The summed E-state index contributed by atoms with van der Waals surface area (Å²) < 4.78 is 4.66. The fourth-order valence-corrected chi connectivity index (χ4v) is 2.22. The van der Waals surface area contributed by atoms with Crippen molar-refractivity contribution in [3.63, 3.8) is 0 Å². The molecule has 0 radical (unpaired) electrons. The molecule has 21 heavy (non-hydrogen) atoms. The number of esters is 1. The number of rotatable bonds is 3. The first-order chi connectivity index (χ1) is 9.97. The Morgan fingerprint density at radius 2 is 2.19 bits per heavy atom. The van der Waals surface area contributed by atoms with Gasteiger partial charge in [0, 0.05) is 18.9 Å². The van der Waals surface area contributed by atoms with Crippen LogP contribution in [0.15, 0.2) is 18.2 Å². The Labute approximate surface area is 121 Å². The van der Waals surface area contributed by atoms with Crippen molar-refractivity contribution in [3.8, 4) is 12.3 Å². The molecule has 0 aliphatic carbocycles. The van der Waals surface area contributed by atoms with E-state index in [0.717, 1.165) is 0 Å². The first kappa shape index (κ1) is 14.6. The molecule has 6 heteroatoms. The number of methoxy groups -OCH3 is 1. The molecule has 1 saturated heterocycles. The van der Waals surface area contributed by atoms with Gasteiger partial charge in [-0.3, -0.25) is 4.79 Å². The van der Waals surface area contributed by atoms with Crippen molar-refractivity contribution in [1.82, 2.24) is 0 Å². The normalized spacial score (nSPS) is 17.4. The molecule has 1 aliphatic rings. The van der Waals surface area contributed by atoms with Crippen molar-refractivity contribution in [2.24, 2.45) is 5.92 Å². The number of carboxylic acids is 1. The fraction of sp³-hybridized carbons (Fsp3) is 0.267. The highest BCUT2D eigenvalue weighted by Crippen LogP contribution is 2.29. The van der Waals surface area contributed by atoms with Crippen molar-refractivity contribution in [1.29, 1.82) is 0 Å². The van der Waals surface area contributed by atoms with E-state index in [9.17, 15) is 14.4 Å². The standard InChI is InChI=1S/C15H13NO5/c1-3-9-6-13(17)16(8-9)12-7-10(14(18)19)4-5-11(12)15(20)21-2/h1,4-5,7,9H,6,8H2,2H3,(H,18,19). The lowest BCUT2D eigenvalue weighted by Gasteiger charge is -2.19. The van der Waals surface area contributed by atoms with Gasteiger partial charge in [-0.15, -0.1) is 12.3 Å². The summed E-state index contributed by atoms with van der Waals surface area (Å²) in [4.78, 5) is 36.2. The van der Waals surface area contributed by atoms with E-state index in [1.165, 1.54) is 30.2 Å². The number of carboxylic acid groups (broad SMARTS) is 1. The summed E-state index contributed by atoms with van der Waals surface area (Å²) in [5, 5.41) is 9.05. The third-order valence-electron chi connectivity index (χ3n) is 3.30. The van der Waals surface area contributed by atoms with Crippen molar-refractivity contribution in [2.45, 2.75) is 6.42 Å². The Kier molecular flexibility index (Phi) is 3.94. The number of carbonyl (C=O) groups excluding carboxylic acids is 2. The van der Waals surface area contributed by atoms with Crippen LogP contribution < -0.4 is 4.90 Å². The second-order valence-electron chi connectivity index (χ2n) is 4.60. The van der Waals surface area contributed by atoms with Gasteiger partial charge < -0.3 is 14.7 Å². The zero-order valence-electron chi connectivity index (χ0n) is 11.3. The molecule has 0 aromatic heterocycles. The molecule has 1 N–H and O–H groups in total. The van der Waals surface area contributed by atoms with Crippen molar-refractivity contribution < 1.29 is 24.2 Å². The van der Waals surface area contributed by atoms with E-state index in [-0.39, 0.29) is 41.6 Å². The lowest BCUT2D eigenvalue weighted by molar-refractivity contribution is -0.117. The van der Waals surface area contributed by atoms with E-state index in [1.54, 1.807) is 0 Å². The topological polar surface area (TPSA) is 83.9 Å². The van der Waals surface area contributed by atoms with Crippen LogP contribution >= 0.6 is 0 Å². The molecule has 1 fully saturated rings. The van der Waals surface area contributed by atoms with Gasteiger partial charge in [0.2, 0.25) is 5.91 Å². The summed E-state index contributed by atoms with van der Waals surface area (Å²) in [6.07, 6.45) is 5.50. The maximum absolute atomic E-state index is 12.0. The maximum atomic E-state index is 12.0. The number of hydrogen-bond acceptors (Lipinski definition) is 4. The second kappa shape index (κ2) is 5.67. The van der Waals surface area contributed by atoms with E-state index < -0.39 is 11.9 Å². The molecule has 108 valence electrons. The van der Waals surface area contributed by atoms with E-state index in [4.69, 9.17) is 11.5 Å². The summed E-state index contributed by atoms with van der Waals surface area (Å²) in [5.41, 5.74) is 0.327. The molecule has 1 heterocycles. The molecule has 0 saturated carbocycles. The molecule has 1 aromatic carbocycles. The molecular formula is C15H13NO5. The average Bonchev–Trinajstić information content (AvgIpc) is 2.86. The van der Waals surface area contributed by atoms with Gasteiger partial charge in [0.15, 0.2) is 0 Å². The summed E-state index contributed by atoms with van der Waals surface area (Å²) in [7, 11) is 1.22. The molecule has 1 aliphatic heterocycles. The minimum Gasteiger partial charge on any atom is -0.478 e. The number of aromatic carboxylic acids is 1. The molecule has 1 amide bonds. The van der Waals surface area contributed by atoms with Gasteiger partial charge in [0.05, 0.1) is 23.9 Å². The number of carbonyl (C=O) groups is 3. The van der Waals surface area contributed by atoms with Crippen LogP contribution in [-0.2, 0) is 9.53 Å². The third-order valence-corrected chi connectivity index (χ3v) is 3.30. The van der Waals surface area contributed by atoms with Gasteiger partial charge in [-0.2, -0.15) is 0 Å². The number of nitrogens with zero attached hydrogens (tertiary/aromatic N) is 1. The van der Waals surface area contributed by atoms with Gasteiger partial charge in [0.1, 0.15) is 0 Å². The quantitative estimate of drug-likeness (QED) is 0.666. The van der Waals surface area contributed by atoms with Gasteiger partial charge in [-0.05, 0) is 18.2 Å². The van der Waals surface area contributed by atoms with Crippen molar-refractivity contribution in [3.05, 3.63) is 29.3 Å². The predicted molar refractivity (Wildman–Crippen MR) is 74.0 cm³/mol. The molecule has 2 rings (SSSR count). The fourth-order valence-electron chi connectivity index (χ4n) is 2.22. The monoisotopic (exact) mass is 287 g/mol. The maximum Gasteiger partial charge on any atom is 0.339 e. The van der Waals surface area contributed by atoms with E-state index in [2.05, 4.69) is 10.7 Å². The summed E-state index contributed by atoms with van der Waals surface area (Å²) in [6.45, 7) is 0.252. The molecule has 0 bridgehead atoms. The summed E-state index contributed by atoms with van der Waals surface area (Å²) in [6, 6.07) is 3.91. The highest BCUT2D eigenvalue weighted by atomic mass is 16.5. The number of terminal acetylenes is 1. The van der Waals surface area contributed by atoms with Crippen LogP contribution in [0.5, 0.6) is 0 Å². The highest BCUT2D eigenvalue weighted by Gasteiger charge is 2.32. The van der Waals surface area contributed by atoms with E-state index in [0.29, 0.717) is 0 Å². The van der Waals surface area contributed by atoms with Crippen LogP contribution in [0.2, 0.25) is 0 Å². The van der Waals surface area contributed by atoms with Crippen LogP contribution in [0.3, 0.4) is 0 Å². The molecule has 1 unspecified atom stereocenters. The minimum atomic E-state index is -1.15. The number of ether oxygens (including phenoxy) is 1. The molecule has 6 nitrogen and oxygen atoms in total. The SMILES string of the molecule is C#CC1CC(=O)N(c2cc(C(=O)O)ccc2C(=O)OC)C1. The average molecular weight is 287 g/mol. The van der Waals surface area contributed by atoms with Crippen LogP contribution in [-0.4, -0.2) is 36.6 Å². The first-order valence-electron chi connectivity index (χ1n) is 6.20. The van der Waals surface area contributed by atoms with Gasteiger partial charge >= 0.3 is 11.9 Å². The van der Waals surface area contributed by atoms with Crippen LogP contribution in [0.4, 0.5) is 5.69 Å². The third kappa shape index (κ3) is 2.72. The summed E-state index contributed by atoms with van der Waals surface area (Å²) in [5.74, 6) is 0.216. The molecular weight excluding hydrogens is 274 g/mol. The van der Waals surface area contributed by atoms with Crippen molar-refractivity contribution in [2.75, 3.05) is 18.6 Å². The van der Waals surface area contributed by atoms with Crippen molar-refractivity contribution >= 4 is 23.5 Å². The smallest absolute Gasteiger partial charge is 0.339 e. The summed E-state index contributed by atoms with van der Waals surface area (Å²) >= 11 is 0. The van der Waals surface area contributed by atoms with Gasteiger partial charge in [-0.25, -0.2) is 9.59 Å². The number of benzene rings is 1. The van der Waals surface area contributed by atoms with Crippen LogP contribution in [0, 0.1) is 18.3 Å². The number of amides is 1. The van der Waals surface area contributed by atoms with Gasteiger partial charge in [-0.1, -0.05) is 0 Å². The van der Waals surface area contributed by atoms with Crippen LogP contribution in [0.1, 0.15) is 27.1 Å². The van der Waals surface area contributed by atoms with E-state index >= 15 is 0 Å². The zero-order valence-corrected chi connectivity index (χ0v) is 11.3.